The van der Waals surface area contributed by atoms with E-state index in [1.54, 1.807) is 6.08 Å². The normalized spacial score (nSPS) is 20.4. The Bertz CT molecular complexity index is 420. The average molecular weight is 216 g/mol. The molecule has 0 bridgehead atoms. The number of carbonyl (C=O) groups is 1. The van der Waals surface area contributed by atoms with E-state index in [0.29, 0.717) is 12.3 Å². The lowest BCUT2D eigenvalue weighted by molar-refractivity contribution is -0.115. The molecule has 3 heteroatoms. The molecule has 84 valence electrons. The van der Waals surface area contributed by atoms with Crippen LogP contribution in [0.4, 0.5) is 11.4 Å². The maximum Gasteiger partial charge on any atom is 0.157 e. The first-order valence-electron chi connectivity index (χ1n) is 5.49. The molecule has 0 aromatic heterocycles. The van der Waals surface area contributed by atoms with E-state index in [2.05, 4.69) is 12.2 Å². The van der Waals surface area contributed by atoms with E-state index in [1.807, 2.05) is 24.3 Å². The first-order chi connectivity index (χ1) is 7.63. The highest BCUT2D eigenvalue weighted by Crippen LogP contribution is 2.23. The second-order valence-electron chi connectivity index (χ2n) is 4.40. The van der Waals surface area contributed by atoms with E-state index in [0.717, 1.165) is 23.5 Å². The van der Waals surface area contributed by atoms with E-state index in [9.17, 15) is 4.79 Å². The van der Waals surface area contributed by atoms with Gasteiger partial charge in [0.15, 0.2) is 5.78 Å². The van der Waals surface area contributed by atoms with Crippen molar-refractivity contribution in [1.82, 2.24) is 0 Å². The quantitative estimate of drug-likeness (QED) is 0.747. The van der Waals surface area contributed by atoms with Crippen molar-refractivity contribution < 1.29 is 4.79 Å². The highest BCUT2D eigenvalue weighted by molar-refractivity contribution is 5.91. The first kappa shape index (κ1) is 10.7. The number of carbonyl (C=O) groups excluding carboxylic acids is 1. The molecule has 1 aliphatic carbocycles. The summed E-state index contributed by atoms with van der Waals surface area (Å²) in [5.74, 6) is 0.630. The van der Waals surface area contributed by atoms with Crippen LogP contribution in [0.1, 0.15) is 19.8 Å². The van der Waals surface area contributed by atoms with Crippen molar-refractivity contribution in [3.8, 4) is 0 Å². The fourth-order valence-electron chi connectivity index (χ4n) is 1.94. The molecule has 0 spiro atoms. The summed E-state index contributed by atoms with van der Waals surface area (Å²) in [4.78, 5) is 11.4. The van der Waals surface area contributed by atoms with Crippen molar-refractivity contribution >= 4 is 17.2 Å². The number of allylic oxidation sites excluding steroid dienone is 2. The number of anilines is 2. The molecule has 3 N–H and O–H groups in total. The molecule has 3 nitrogen and oxygen atoms in total. The van der Waals surface area contributed by atoms with Crippen molar-refractivity contribution in [2.75, 3.05) is 11.1 Å². The molecule has 16 heavy (non-hydrogen) atoms. The third kappa shape index (κ3) is 2.63. The Morgan fingerprint density at radius 1 is 1.25 bits per heavy atom. The van der Waals surface area contributed by atoms with Gasteiger partial charge < -0.3 is 11.1 Å². The molecule has 0 unspecified atom stereocenters. The van der Waals surface area contributed by atoms with Crippen LogP contribution in [0.2, 0.25) is 0 Å². The maximum absolute atomic E-state index is 11.4. The number of hydrogen-bond acceptors (Lipinski definition) is 3. The molecule has 0 saturated heterocycles. The predicted molar refractivity (Wildman–Crippen MR) is 66.0 cm³/mol. The summed E-state index contributed by atoms with van der Waals surface area (Å²) in [6.45, 7) is 2.09. The number of rotatable bonds is 2. The zero-order valence-electron chi connectivity index (χ0n) is 9.36. The van der Waals surface area contributed by atoms with Gasteiger partial charge in [0, 0.05) is 29.6 Å². The molecule has 0 aliphatic heterocycles. The zero-order chi connectivity index (χ0) is 11.5. The lowest BCUT2D eigenvalue weighted by atomic mass is 9.93. The van der Waals surface area contributed by atoms with Gasteiger partial charge in [0.25, 0.3) is 0 Å². The van der Waals surface area contributed by atoms with Gasteiger partial charge in [0.05, 0.1) is 0 Å². The summed E-state index contributed by atoms with van der Waals surface area (Å²) in [5, 5.41) is 3.25. The minimum absolute atomic E-state index is 0.205. The van der Waals surface area contributed by atoms with Crippen LogP contribution in [-0.4, -0.2) is 5.78 Å². The number of nitrogens with one attached hydrogen (secondary N) is 1. The van der Waals surface area contributed by atoms with Crippen molar-refractivity contribution in [3.63, 3.8) is 0 Å². The Labute approximate surface area is 95.3 Å². The highest BCUT2D eigenvalue weighted by atomic mass is 16.1. The smallest absolute Gasteiger partial charge is 0.157 e. The van der Waals surface area contributed by atoms with Gasteiger partial charge in [-0.3, -0.25) is 4.79 Å². The minimum atomic E-state index is 0.205. The summed E-state index contributed by atoms with van der Waals surface area (Å²) < 4.78 is 0. The number of nitrogens with two attached hydrogens (primary N) is 1. The zero-order valence-corrected chi connectivity index (χ0v) is 9.36. The molecule has 1 aromatic rings. The van der Waals surface area contributed by atoms with Gasteiger partial charge in [0.2, 0.25) is 0 Å². The van der Waals surface area contributed by atoms with Crippen LogP contribution in [0.25, 0.3) is 0 Å². The molecule has 1 aliphatic rings. The van der Waals surface area contributed by atoms with Crippen LogP contribution < -0.4 is 11.1 Å². The Kier molecular flexibility index (Phi) is 2.95. The van der Waals surface area contributed by atoms with Crippen LogP contribution in [0.5, 0.6) is 0 Å². The van der Waals surface area contributed by atoms with Crippen molar-refractivity contribution in [2.24, 2.45) is 5.92 Å². The molecular formula is C13H16N2O. The lowest BCUT2D eigenvalue weighted by Crippen LogP contribution is -2.15. The topological polar surface area (TPSA) is 55.1 Å². The summed E-state index contributed by atoms with van der Waals surface area (Å²) in [6, 6.07) is 7.52. The third-order valence-electron chi connectivity index (χ3n) is 2.67. The van der Waals surface area contributed by atoms with Crippen LogP contribution in [0.3, 0.4) is 0 Å². The second kappa shape index (κ2) is 4.39. The van der Waals surface area contributed by atoms with Gasteiger partial charge in [0.1, 0.15) is 0 Å². The molecule has 0 amide bonds. The average Bonchev–Trinajstić information content (AvgIpc) is 2.20. The number of hydrogen-bond donors (Lipinski definition) is 2. The van der Waals surface area contributed by atoms with Gasteiger partial charge in [-0.2, -0.15) is 0 Å². The Balaban J connectivity index is 2.09. The van der Waals surface area contributed by atoms with Crippen LogP contribution in [-0.2, 0) is 4.79 Å². The van der Waals surface area contributed by atoms with Crippen LogP contribution >= 0.6 is 0 Å². The second-order valence-corrected chi connectivity index (χ2v) is 4.40. The molecule has 2 rings (SSSR count). The van der Waals surface area contributed by atoms with Crippen LogP contribution in [0.15, 0.2) is 36.0 Å². The largest absolute Gasteiger partial charge is 0.399 e. The molecule has 0 fully saturated rings. The summed E-state index contributed by atoms with van der Waals surface area (Å²) >= 11 is 0. The van der Waals surface area contributed by atoms with Gasteiger partial charge in [-0.1, -0.05) is 6.92 Å². The van der Waals surface area contributed by atoms with Gasteiger partial charge in [-0.05, 0) is 36.6 Å². The van der Waals surface area contributed by atoms with Crippen molar-refractivity contribution in [2.45, 2.75) is 19.8 Å². The standard InChI is InChI=1S/C13H16N2O/c1-9-6-12(8-13(16)7-9)15-11-4-2-10(14)3-5-11/h2-5,8-9,15H,6-7,14H2,1H3/t9-/m0/s1. The summed E-state index contributed by atoms with van der Waals surface area (Å²) in [5.41, 5.74) is 8.32. The Hall–Kier alpha value is -1.77. The molecular weight excluding hydrogens is 200 g/mol. The fraction of sp³-hybridized carbons (Fsp3) is 0.308. The van der Waals surface area contributed by atoms with Gasteiger partial charge in [-0.25, -0.2) is 0 Å². The molecule has 1 aromatic carbocycles. The minimum Gasteiger partial charge on any atom is -0.399 e. The van der Waals surface area contributed by atoms with E-state index in [1.165, 1.54) is 0 Å². The number of nitrogen functional groups attached to an aromatic ring is 1. The van der Waals surface area contributed by atoms with Crippen LogP contribution in [0, 0.1) is 5.92 Å². The van der Waals surface area contributed by atoms with Gasteiger partial charge >= 0.3 is 0 Å². The third-order valence-corrected chi connectivity index (χ3v) is 2.67. The lowest BCUT2D eigenvalue weighted by Gasteiger charge is -2.19. The van der Waals surface area contributed by atoms with E-state index in [4.69, 9.17) is 5.73 Å². The van der Waals surface area contributed by atoms with Gasteiger partial charge in [-0.15, -0.1) is 0 Å². The Morgan fingerprint density at radius 3 is 2.56 bits per heavy atom. The fourth-order valence-corrected chi connectivity index (χ4v) is 1.94. The van der Waals surface area contributed by atoms with E-state index < -0.39 is 0 Å². The number of ketones is 1. The SMILES string of the molecule is C[C@@H]1CC(=O)C=C(Nc2ccc(N)cc2)C1. The summed E-state index contributed by atoms with van der Waals surface area (Å²) in [7, 11) is 0. The molecule has 0 heterocycles. The first-order valence-corrected chi connectivity index (χ1v) is 5.49. The Morgan fingerprint density at radius 2 is 1.94 bits per heavy atom. The maximum atomic E-state index is 11.4. The van der Waals surface area contributed by atoms with Crippen molar-refractivity contribution in [3.05, 3.63) is 36.0 Å². The predicted octanol–water partition coefficient (Wildman–Crippen LogP) is 2.56. The number of benzene rings is 1. The molecule has 0 radical (unpaired) electrons. The van der Waals surface area contributed by atoms with Crippen molar-refractivity contribution in [1.29, 1.82) is 0 Å². The molecule has 1 atom stereocenters. The summed E-state index contributed by atoms with van der Waals surface area (Å²) in [6.07, 6.45) is 3.29. The van der Waals surface area contributed by atoms with E-state index >= 15 is 0 Å². The monoisotopic (exact) mass is 216 g/mol. The highest BCUT2D eigenvalue weighted by Gasteiger charge is 2.16. The van der Waals surface area contributed by atoms with E-state index in [-0.39, 0.29) is 5.78 Å². The molecule has 0 saturated carbocycles.